The minimum atomic E-state index is 0.469. The SMILES string of the molecule is CC1CC[C@@H](C(C)C)CC1N. The van der Waals surface area contributed by atoms with Gasteiger partial charge in [-0.3, -0.25) is 0 Å². The van der Waals surface area contributed by atoms with Crippen molar-refractivity contribution in [3.05, 3.63) is 0 Å². The normalized spacial score (nSPS) is 39.5. The Kier molecular flexibility index (Phi) is 2.94. The second-order valence-corrected chi connectivity index (χ2v) is 4.46. The van der Waals surface area contributed by atoms with E-state index in [1.54, 1.807) is 0 Å². The van der Waals surface area contributed by atoms with Crippen molar-refractivity contribution in [3.63, 3.8) is 0 Å². The maximum absolute atomic E-state index is 6.01. The first-order valence-corrected chi connectivity index (χ1v) is 4.87. The van der Waals surface area contributed by atoms with E-state index in [4.69, 9.17) is 5.73 Å². The summed E-state index contributed by atoms with van der Waals surface area (Å²) in [5.74, 6) is 2.47. The highest BCUT2D eigenvalue weighted by molar-refractivity contribution is 4.81. The first-order chi connectivity index (χ1) is 5.11. The summed E-state index contributed by atoms with van der Waals surface area (Å²) in [5, 5.41) is 0. The molecule has 1 nitrogen and oxygen atoms in total. The summed E-state index contributed by atoms with van der Waals surface area (Å²) in [4.78, 5) is 0. The minimum absolute atomic E-state index is 0.469. The second kappa shape index (κ2) is 3.57. The fraction of sp³-hybridized carbons (Fsp3) is 1.00. The average molecular weight is 155 g/mol. The molecule has 1 saturated carbocycles. The van der Waals surface area contributed by atoms with Gasteiger partial charge in [0.2, 0.25) is 0 Å². The molecule has 2 unspecified atom stereocenters. The molecular weight excluding hydrogens is 134 g/mol. The second-order valence-electron chi connectivity index (χ2n) is 4.46. The third-order valence-electron chi connectivity index (χ3n) is 3.24. The molecule has 0 saturated heterocycles. The van der Waals surface area contributed by atoms with Crippen molar-refractivity contribution in [3.8, 4) is 0 Å². The largest absolute Gasteiger partial charge is 0.327 e. The predicted octanol–water partition coefficient (Wildman–Crippen LogP) is 2.41. The van der Waals surface area contributed by atoms with Gasteiger partial charge in [0.15, 0.2) is 0 Å². The van der Waals surface area contributed by atoms with E-state index >= 15 is 0 Å². The Morgan fingerprint density at radius 1 is 1.27 bits per heavy atom. The van der Waals surface area contributed by atoms with E-state index in [1.165, 1.54) is 19.3 Å². The summed E-state index contributed by atoms with van der Waals surface area (Å²) >= 11 is 0. The molecule has 0 heterocycles. The number of hydrogen-bond donors (Lipinski definition) is 1. The Bertz CT molecular complexity index is 120. The summed E-state index contributed by atoms with van der Waals surface area (Å²) in [6, 6.07) is 0.469. The van der Waals surface area contributed by atoms with E-state index in [-0.39, 0.29) is 0 Å². The first-order valence-electron chi connectivity index (χ1n) is 4.87. The topological polar surface area (TPSA) is 26.0 Å². The molecule has 0 aromatic carbocycles. The van der Waals surface area contributed by atoms with Crippen LogP contribution in [0.1, 0.15) is 40.0 Å². The molecule has 1 fully saturated rings. The zero-order chi connectivity index (χ0) is 8.43. The summed E-state index contributed by atoms with van der Waals surface area (Å²) in [6.07, 6.45) is 3.98. The molecule has 1 rings (SSSR count). The predicted molar refractivity (Wildman–Crippen MR) is 49.3 cm³/mol. The van der Waals surface area contributed by atoms with Crippen LogP contribution >= 0.6 is 0 Å². The van der Waals surface area contributed by atoms with Crippen LogP contribution in [0.15, 0.2) is 0 Å². The highest BCUT2D eigenvalue weighted by Crippen LogP contribution is 2.32. The molecule has 1 aliphatic carbocycles. The third kappa shape index (κ3) is 2.19. The van der Waals surface area contributed by atoms with E-state index < -0.39 is 0 Å². The van der Waals surface area contributed by atoms with Crippen LogP contribution < -0.4 is 5.73 Å². The Morgan fingerprint density at radius 2 is 1.91 bits per heavy atom. The lowest BCUT2D eigenvalue weighted by Gasteiger charge is -2.33. The Morgan fingerprint density at radius 3 is 2.36 bits per heavy atom. The molecule has 1 heteroatoms. The van der Waals surface area contributed by atoms with E-state index in [1.807, 2.05) is 0 Å². The molecule has 3 atom stereocenters. The lowest BCUT2D eigenvalue weighted by Crippen LogP contribution is -2.36. The summed E-state index contributed by atoms with van der Waals surface area (Å²) in [7, 11) is 0. The molecule has 2 N–H and O–H groups in total. The van der Waals surface area contributed by atoms with Crippen LogP contribution in [0.4, 0.5) is 0 Å². The summed E-state index contributed by atoms with van der Waals surface area (Å²) in [6.45, 7) is 6.90. The van der Waals surface area contributed by atoms with Gasteiger partial charge in [-0.05, 0) is 37.0 Å². The lowest BCUT2D eigenvalue weighted by atomic mass is 9.75. The van der Waals surface area contributed by atoms with Crippen LogP contribution in [0.3, 0.4) is 0 Å². The van der Waals surface area contributed by atoms with Gasteiger partial charge in [-0.25, -0.2) is 0 Å². The molecule has 0 aliphatic heterocycles. The van der Waals surface area contributed by atoms with Crippen molar-refractivity contribution >= 4 is 0 Å². The van der Waals surface area contributed by atoms with Crippen LogP contribution in [-0.2, 0) is 0 Å². The van der Waals surface area contributed by atoms with Crippen LogP contribution in [0.5, 0.6) is 0 Å². The van der Waals surface area contributed by atoms with Crippen LogP contribution in [-0.4, -0.2) is 6.04 Å². The lowest BCUT2D eigenvalue weighted by molar-refractivity contribution is 0.206. The van der Waals surface area contributed by atoms with Gasteiger partial charge in [-0.15, -0.1) is 0 Å². The molecule has 0 bridgehead atoms. The van der Waals surface area contributed by atoms with Gasteiger partial charge in [-0.1, -0.05) is 20.8 Å². The molecule has 0 aromatic rings. The minimum Gasteiger partial charge on any atom is -0.327 e. The highest BCUT2D eigenvalue weighted by atomic mass is 14.7. The summed E-state index contributed by atoms with van der Waals surface area (Å²) in [5.41, 5.74) is 6.01. The number of rotatable bonds is 1. The van der Waals surface area contributed by atoms with E-state index in [0.717, 1.165) is 17.8 Å². The molecule has 66 valence electrons. The van der Waals surface area contributed by atoms with Crippen molar-refractivity contribution in [1.29, 1.82) is 0 Å². The maximum atomic E-state index is 6.01. The maximum Gasteiger partial charge on any atom is 0.00672 e. The third-order valence-corrected chi connectivity index (χ3v) is 3.24. The van der Waals surface area contributed by atoms with E-state index in [2.05, 4.69) is 20.8 Å². The van der Waals surface area contributed by atoms with Crippen molar-refractivity contribution in [1.82, 2.24) is 0 Å². The number of nitrogens with two attached hydrogens (primary N) is 1. The zero-order valence-corrected chi connectivity index (χ0v) is 8.01. The average Bonchev–Trinajstić information content (AvgIpc) is 1.94. The molecule has 1 aliphatic rings. The van der Waals surface area contributed by atoms with Crippen LogP contribution in [0, 0.1) is 17.8 Å². The van der Waals surface area contributed by atoms with Crippen LogP contribution in [0.2, 0.25) is 0 Å². The highest BCUT2D eigenvalue weighted by Gasteiger charge is 2.26. The van der Waals surface area contributed by atoms with Crippen molar-refractivity contribution < 1.29 is 0 Å². The molecule has 0 spiro atoms. The van der Waals surface area contributed by atoms with E-state index in [0.29, 0.717) is 6.04 Å². The zero-order valence-electron chi connectivity index (χ0n) is 8.01. The molecular formula is C10H21N. The van der Waals surface area contributed by atoms with Crippen molar-refractivity contribution in [2.75, 3.05) is 0 Å². The quantitative estimate of drug-likeness (QED) is 0.618. The van der Waals surface area contributed by atoms with Gasteiger partial charge in [0.1, 0.15) is 0 Å². The first kappa shape index (κ1) is 9.05. The Hall–Kier alpha value is -0.0400. The van der Waals surface area contributed by atoms with Crippen molar-refractivity contribution in [2.24, 2.45) is 23.5 Å². The van der Waals surface area contributed by atoms with Gasteiger partial charge in [0.25, 0.3) is 0 Å². The van der Waals surface area contributed by atoms with Crippen molar-refractivity contribution in [2.45, 2.75) is 46.1 Å². The molecule has 11 heavy (non-hydrogen) atoms. The van der Waals surface area contributed by atoms with Gasteiger partial charge in [0.05, 0.1) is 0 Å². The standard InChI is InChI=1S/C10H21N/c1-7(2)9-5-4-8(3)10(11)6-9/h7-10H,4-6,11H2,1-3H3/t8?,9-,10?/m1/s1. The van der Waals surface area contributed by atoms with E-state index in [9.17, 15) is 0 Å². The van der Waals surface area contributed by atoms with Crippen LogP contribution in [0.25, 0.3) is 0 Å². The summed E-state index contributed by atoms with van der Waals surface area (Å²) < 4.78 is 0. The monoisotopic (exact) mass is 155 g/mol. The Balaban J connectivity index is 2.40. The molecule has 0 amide bonds. The fourth-order valence-electron chi connectivity index (χ4n) is 2.00. The smallest absolute Gasteiger partial charge is 0.00672 e. The van der Waals surface area contributed by atoms with Gasteiger partial charge < -0.3 is 5.73 Å². The fourth-order valence-corrected chi connectivity index (χ4v) is 2.00. The van der Waals surface area contributed by atoms with Gasteiger partial charge in [-0.2, -0.15) is 0 Å². The molecule has 0 aromatic heterocycles. The van der Waals surface area contributed by atoms with Gasteiger partial charge >= 0.3 is 0 Å². The molecule has 0 radical (unpaired) electrons. The van der Waals surface area contributed by atoms with Gasteiger partial charge in [0, 0.05) is 6.04 Å². The Labute approximate surface area is 70.4 Å². The number of hydrogen-bond acceptors (Lipinski definition) is 1.